The van der Waals surface area contributed by atoms with E-state index < -0.39 is 10.1 Å². The Balaban J connectivity index is 1.66. The molecule has 0 aromatic heterocycles. The monoisotopic (exact) mass is 628 g/mol. The van der Waals surface area contributed by atoms with Crippen molar-refractivity contribution in [1.29, 1.82) is 0 Å². The molecule has 0 heterocycles. The van der Waals surface area contributed by atoms with Crippen LogP contribution in [0.25, 0.3) is 10.8 Å². The van der Waals surface area contributed by atoms with Gasteiger partial charge in [-0.25, -0.2) is 0 Å². The minimum absolute atomic E-state index is 0.0991. The molecule has 0 bridgehead atoms. The van der Waals surface area contributed by atoms with Crippen LogP contribution < -0.4 is 0 Å². The number of aryl methyl sites for hydroxylation is 2. The van der Waals surface area contributed by atoms with Gasteiger partial charge in [-0.3, -0.25) is 4.55 Å². The highest BCUT2D eigenvalue weighted by molar-refractivity contribution is 7.85. The lowest BCUT2D eigenvalue weighted by atomic mass is 9.98. The number of hydrogen-bond donors (Lipinski definition) is 1. The Morgan fingerprint density at radius 1 is 0.455 bits per heavy atom. The van der Waals surface area contributed by atoms with Crippen LogP contribution in [-0.4, -0.2) is 13.0 Å². The van der Waals surface area contributed by atoms with Crippen molar-refractivity contribution in [1.82, 2.24) is 0 Å². The van der Waals surface area contributed by atoms with E-state index in [-0.39, 0.29) is 4.90 Å². The van der Waals surface area contributed by atoms with Gasteiger partial charge in [0.05, 0.1) is 4.90 Å². The summed E-state index contributed by atoms with van der Waals surface area (Å²) in [6.07, 6.45) is 36.1. The lowest BCUT2D eigenvalue weighted by molar-refractivity contribution is 0.481. The molecule has 0 fully saturated rings. The van der Waals surface area contributed by atoms with Gasteiger partial charge in [-0.1, -0.05) is 186 Å². The lowest BCUT2D eigenvalue weighted by Gasteiger charge is -2.11. The number of fused-ring (bicyclic) bond motifs is 1. The normalized spacial score (nSPS) is 12.0. The summed E-state index contributed by atoms with van der Waals surface area (Å²) in [6, 6.07) is 10.2. The molecule has 4 heteroatoms. The molecular formula is C40H68O3S. The second kappa shape index (κ2) is 24.8. The topological polar surface area (TPSA) is 54.4 Å². The third-order valence-corrected chi connectivity index (χ3v) is 10.4. The highest BCUT2D eigenvalue weighted by Crippen LogP contribution is 2.27. The van der Waals surface area contributed by atoms with Gasteiger partial charge in [0.2, 0.25) is 0 Å². The number of hydrogen-bond acceptors (Lipinski definition) is 2. The first kappa shape index (κ1) is 38.8. The van der Waals surface area contributed by atoms with Crippen molar-refractivity contribution in [2.75, 3.05) is 0 Å². The van der Waals surface area contributed by atoms with Gasteiger partial charge in [0.15, 0.2) is 0 Å². The fraction of sp³-hybridized carbons (Fsp3) is 0.750. The molecule has 0 saturated heterocycles. The van der Waals surface area contributed by atoms with Crippen molar-refractivity contribution in [2.45, 2.75) is 199 Å². The van der Waals surface area contributed by atoms with Crippen LogP contribution in [0, 0.1) is 0 Å². The second-order valence-electron chi connectivity index (χ2n) is 13.6. The summed E-state index contributed by atoms with van der Waals surface area (Å²) >= 11 is 0. The van der Waals surface area contributed by atoms with Gasteiger partial charge >= 0.3 is 0 Å². The smallest absolute Gasteiger partial charge is 0.282 e. The quantitative estimate of drug-likeness (QED) is 0.0720. The Hall–Kier alpha value is -1.39. The summed E-state index contributed by atoms with van der Waals surface area (Å²) in [6.45, 7) is 4.55. The highest BCUT2D eigenvalue weighted by atomic mass is 32.2. The van der Waals surface area contributed by atoms with Crippen molar-refractivity contribution in [3.05, 3.63) is 41.5 Å². The molecule has 0 aliphatic carbocycles. The van der Waals surface area contributed by atoms with Gasteiger partial charge in [0.1, 0.15) is 0 Å². The average molecular weight is 629 g/mol. The molecule has 2 aromatic rings. The van der Waals surface area contributed by atoms with Crippen molar-refractivity contribution >= 4 is 20.9 Å². The zero-order valence-electron chi connectivity index (χ0n) is 28.9. The summed E-state index contributed by atoms with van der Waals surface area (Å²) in [5, 5.41) is 1.98. The molecule has 3 nitrogen and oxygen atoms in total. The van der Waals surface area contributed by atoms with E-state index in [0.29, 0.717) is 6.42 Å². The molecule has 0 atom stereocenters. The van der Waals surface area contributed by atoms with E-state index in [0.717, 1.165) is 35.6 Å². The van der Waals surface area contributed by atoms with E-state index in [2.05, 4.69) is 32.0 Å². The van der Waals surface area contributed by atoms with E-state index in [1.807, 2.05) is 6.07 Å². The second-order valence-corrected chi connectivity index (χ2v) is 15.0. The third kappa shape index (κ3) is 17.9. The molecule has 0 saturated carbocycles. The van der Waals surface area contributed by atoms with E-state index in [4.69, 9.17) is 0 Å². The van der Waals surface area contributed by atoms with Gasteiger partial charge in [-0.05, 0) is 59.7 Å². The first-order chi connectivity index (χ1) is 21.5. The van der Waals surface area contributed by atoms with Crippen LogP contribution in [0.2, 0.25) is 0 Å². The van der Waals surface area contributed by atoms with Gasteiger partial charge in [0.25, 0.3) is 10.1 Å². The van der Waals surface area contributed by atoms with E-state index in [9.17, 15) is 13.0 Å². The zero-order chi connectivity index (χ0) is 31.7. The average Bonchev–Trinajstić information content (AvgIpc) is 3.01. The Morgan fingerprint density at radius 3 is 1.25 bits per heavy atom. The molecule has 0 aliphatic heterocycles. The summed E-state index contributed by atoms with van der Waals surface area (Å²) in [7, 11) is -4.25. The molecule has 44 heavy (non-hydrogen) atoms. The maximum atomic E-state index is 12.3. The molecule has 0 aliphatic rings. The molecule has 252 valence electrons. The maximum Gasteiger partial charge on any atom is 0.294 e. The lowest BCUT2D eigenvalue weighted by Crippen LogP contribution is -2.04. The molecule has 0 radical (unpaired) electrons. The Kier molecular flexibility index (Phi) is 21.9. The fourth-order valence-electron chi connectivity index (χ4n) is 6.64. The van der Waals surface area contributed by atoms with Crippen LogP contribution in [0.5, 0.6) is 0 Å². The minimum Gasteiger partial charge on any atom is -0.282 e. The largest absolute Gasteiger partial charge is 0.294 e. The van der Waals surface area contributed by atoms with Gasteiger partial charge < -0.3 is 0 Å². The van der Waals surface area contributed by atoms with Crippen LogP contribution in [0.4, 0.5) is 0 Å². The highest BCUT2D eigenvalue weighted by Gasteiger charge is 2.17. The number of unbranched alkanes of at least 4 members (excludes halogenated alkanes) is 24. The van der Waals surface area contributed by atoms with Crippen LogP contribution in [0.3, 0.4) is 0 Å². The van der Waals surface area contributed by atoms with Crippen molar-refractivity contribution in [2.24, 2.45) is 0 Å². The Labute approximate surface area is 273 Å². The summed E-state index contributed by atoms with van der Waals surface area (Å²) in [5.74, 6) is 0. The predicted molar refractivity (Wildman–Crippen MR) is 193 cm³/mol. The molecule has 2 rings (SSSR count). The maximum absolute atomic E-state index is 12.3. The molecular weight excluding hydrogens is 561 g/mol. The molecule has 0 amide bonds. The summed E-state index contributed by atoms with van der Waals surface area (Å²) in [5.41, 5.74) is 2.01. The van der Waals surface area contributed by atoms with Crippen LogP contribution in [0.1, 0.15) is 192 Å². The SMILES string of the molecule is CCCCCCCCCCCCCCCc1ccc2cc(CCCCCCCCCCCCCCC)c(S(=O)(=O)O)cc2c1. The zero-order valence-corrected chi connectivity index (χ0v) is 29.7. The molecule has 1 N–H and O–H groups in total. The predicted octanol–water partition coefficient (Wildman–Crippen LogP) is 13.4. The first-order valence-electron chi connectivity index (χ1n) is 19.0. The van der Waals surface area contributed by atoms with Crippen LogP contribution in [-0.2, 0) is 23.0 Å². The van der Waals surface area contributed by atoms with Crippen molar-refractivity contribution in [3.63, 3.8) is 0 Å². The molecule has 0 unspecified atom stereocenters. The van der Waals surface area contributed by atoms with E-state index >= 15 is 0 Å². The van der Waals surface area contributed by atoms with Crippen molar-refractivity contribution in [3.8, 4) is 0 Å². The van der Waals surface area contributed by atoms with E-state index in [1.54, 1.807) is 6.07 Å². The Morgan fingerprint density at radius 2 is 0.841 bits per heavy atom. The van der Waals surface area contributed by atoms with Crippen LogP contribution in [0.15, 0.2) is 35.2 Å². The first-order valence-corrected chi connectivity index (χ1v) is 20.4. The standard InChI is InChI=1S/C40H68O3S/c1-3-5-7-9-11-13-15-17-19-21-23-25-27-29-36-31-32-37-34-38(40(44(41,42)43)35-39(37)33-36)30-28-26-24-22-20-18-16-14-12-10-8-6-4-2/h31-35H,3-30H2,1-2H3,(H,41,42,43). The minimum atomic E-state index is -4.25. The van der Waals surface area contributed by atoms with Gasteiger partial charge in [-0.15, -0.1) is 0 Å². The van der Waals surface area contributed by atoms with Gasteiger partial charge in [0, 0.05) is 0 Å². The number of benzene rings is 2. The summed E-state index contributed by atoms with van der Waals surface area (Å²) < 4.78 is 34.6. The fourth-order valence-corrected chi connectivity index (χ4v) is 7.41. The van der Waals surface area contributed by atoms with Crippen LogP contribution >= 0.6 is 0 Å². The Bertz CT molecular complexity index is 1090. The van der Waals surface area contributed by atoms with Crippen molar-refractivity contribution < 1.29 is 13.0 Å². The number of rotatable bonds is 29. The van der Waals surface area contributed by atoms with E-state index in [1.165, 1.54) is 160 Å². The third-order valence-electron chi connectivity index (χ3n) is 9.48. The molecule has 2 aromatic carbocycles. The molecule has 0 spiro atoms. The van der Waals surface area contributed by atoms with Gasteiger partial charge in [-0.2, -0.15) is 8.42 Å². The summed E-state index contributed by atoms with van der Waals surface area (Å²) in [4.78, 5) is 0.0991.